The van der Waals surface area contributed by atoms with Gasteiger partial charge < -0.3 is 18.3 Å². The maximum absolute atomic E-state index is 6.85. The van der Waals surface area contributed by atoms with Crippen LogP contribution in [0.4, 0.5) is 17.1 Å². The molecule has 12 aromatic rings. The molecule has 0 bridgehead atoms. The van der Waals surface area contributed by atoms with Crippen molar-refractivity contribution in [2.45, 2.75) is 0 Å². The minimum absolute atomic E-state index is 0.579. The van der Waals surface area contributed by atoms with E-state index in [4.69, 9.17) is 13.8 Å². The minimum Gasteiger partial charge on any atom is -0.456 e. The number of benzene rings is 9. The molecule has 0 aliphatic heterocycles. The Bertz CT molecular complexity index is 3500. The zero-order valence-corrected chi connectivity index (χ0v) is 30.1. The topological polar surface area (TPSA) is 47.3 Å². The van der Waals surface area contributed by atoms with Gasteiger partial charge in [0.1, 0.15) is 16.7 Å². The van der Waals surface area contributed by atoms with Gasteiger partial charge in [-0.2, -0.15) is 0 Å². The van der Waals surface area contributed by atoms with Gasteiger partial charge in [0.05, 0.1) is 28.1 Å². The van der Waals surface area contributed by atoms with Crippen LogP contribution in [0.25, 0.3) is 93.5 Å². The first kappa shape index (κ1) is 30.8. The fraction of sp³-hybridized carbons (Fsp3) is 0. The fourth-order valence-electron chi connectivity index (χ4n) is 8.67. The highest BCUT2D eigenvalue weighted by molar-refractivity contribution is 6.25. The van der Waals surface area contributed by atoms with Gasteiger partial charge in [-0.3, -0.25) is 0 Å². The van der Waals surface area contributed by atoms with Crippen molar-refractivity contribution in [3.63, 3.8) is 0 Å². The molecule has 0 radical (unpaired) electrons. The highest BCUT2D eigenvalue weighted by Crippen LogP contribution is 2.48. The molecule has 0 aliphatic carbocycles. The fourth-order valence-corrected chi connectivity index (χ4v) is 8.67. The molecule has 12 rings (SSSR count). The lowest BCUT2D eigenvalue weighted by Gasteiger charge is -2.27. The first-order chi connectivity index (χ1) is 27.8. The third kappa shape index (κ3) is 4.58. The van der Waals surface area contributed by atoms with E-state index in [1.807, 2.05) is 18.2 Å². The minimum atomic E-state index is 0.579. The van der Waals surface area contributed by atoms with E-state index < -0.39 is 0 Å². The Labute approximate surface area is 320 Å². The predicted molar refractivity (Wildman–Crippen MR) is 231 cm³/mol. The molecule has 5 heteroatoms. The summed E-state index contributed by atoms with van der Waals surface area (Å²) in [6.07, 6.45) is 0. The van der Waals surface area contributed by atoms with Gasteiger partial charge >= 0.3 is 0 Å². The Morgan fingerprint density at radius 3 is 2.07 bits per heavy atom. The van der Waals surface area contributed by atoms with E-state index in [0.29, 0.717) is 11.5 Å². The van der Waals surface area contributed by atoms with Crippen LogP contribution in [0.5, 0.6) is 0 Å². The van der Waals surface area contributed by atoms with Gasteiger partial charge in [0.25, 0.3) is 0 Å². The second kappa shape index (κ2) is 11.9. The summed E-state index contributed by atoms with van der Waals surface area (Å²) in [7, 11) is 0. The monoisotopic (exact) mass is 717 g/mol. The Morgan fingerprint density at radius 2 is 1.18 bits per heavy atom. The lowest BCUT2D eigenvalue weighted by Crippen LogP contribution is -2.11. The van der Waals surface area contributed by atoms with Gasteiger partial charge in [-0.1, -0.05) is 115 Å². The molecule has 5 nitrogen and oxygen atoms in total. The van der Waals surface area contributed by atoms with Crippen LogP contribution in [0, 0.1) is 0 Å². The van der Waals surface area contributed by atoms with Gasteiger partial charge in [0.2, 0.25) is 5.89 Å². The summed E-state index contributed by atoms with van der Waals surface area (Å²) in [5.74, 6) is 0.579. The number of nitrogens with zero attached hydrogens (tertiary/aromatic N) is 3. The average Bonchev–Trinajstić information content (AvgIpc) is 3.96. The molecule has 0 N–H and O–H groups in total. The van der Waals surface area contributed by atoms with Crippen LogP contribution >= 0.6 is 0 Å². The van der Waals surface area contributed by atoms with E-state index in [-0.39, 0.29) is 0 Å². The number of anilines is 3. The molecular weight excluding hydrogens is 687 g/mol. The van der Waals surface area contributed by atoms with Crippen LogP contribution in [0.1, 0.15) is 0 Å². The molecule has 0 spiro atoms. The first-order valence-corrected chi connectivity index (χ1v) is 18.9. The summed E-state index contributed by atoms with van der Waals surface area (Å²) in [5, 5.41) is 9.20. The maximum Gasteiger partial charge on any atom is 0.227 e. The summed E-state index contributed by atoms with van der Waals surface area (Å²) >= 11 is 0. The molecule has 0 saturated heterocycles. The number of hydrogen-bond donors (Lipinski definition) is 0. The zero-order valence-electron chi connectivity index (χ0n) is 30.1. The number of aromatic nitrogens is 2. The first-order valence-electron chi connectivity index (χ1n) is 18.9. The molecule has 0 atom stereocenters. The number of furan rings is 1. The van der Waals surface area contributed by atoms with Gasteiger partial charge in [0, 0.05) is 44.2 Å². The molecule has 3 heterocycles. The van der Waals surface area contributed by atoms with E-state index in [1.165, 1.54) is 21.5 Å². The molecule has 262 valence electrons. The van der Waals surface area contributed by atoms with E-state index in [0.717, 1.165) is 77.6 Å². The standard InChI is InChI=1S/C51H31N3O2/c1-2-15-35(16-3-1)53-43-22-10-8-20-41(43)49-40-19-7-6-17-37(40)45(31-46(49)53)54(36-27-28-39-38-18-9-11-24-47(38)55-48(39)30-36)44-23-12-21-42-50(44)56-51(52-42)34-26-25-32-13-4-5-14-33(32)29-34/h1-31H. The van der Waals surface area contributed by atoms with E-state index in [2.05, 4.69) is 179 Å². The second-order valence-corrected chi connectivity index (χ2v) is 14.3. The van der Waals surface area contributed by atoms with Crippen molar-refractivity contribution in [3.8, 4) is 17.1 Å². The Hall–Kier alpha value is -7.63. The average molecular weight is 718 g/mol. The number of oxazole rings is 1. The van der Waals surface area contributed by atoms with Crippen LogP contribution in [0.3, 0.4) is 0 Å². The summed E-state index contributed by atoms with van der Waals surface area (Å²) in [6.45, 7) is 0. The van der Waals surface area contributed by atoms with Crippen molar-refractivity contribution >= 4 is 93.5 Å². The van der Waals surface area contributed by atoms with E-state index in [1.54, 1.807) is 0 Å². The Kier molecular flexibility index (Phi) is 6.56. The highest BCUT2D eigenvalue weighted by Gasteiger charge is 2.25. The predicted octanol–water partition coefficient (Wildman–Crippen LogP) is 14.3. The van der Waals surface area contributed by atoms with Crippen LogP contribution < -0.4 is 4.90 Å². The quantitative estimate of drug-likeness (QED) is 0.178. The van der Waals surface area contributed by atoms with Crippen LogP contribution in [-0.2, 0) is 0 Å². The normalized spacial score (nSPS) is 11.9. The van der Waals surface area contributed by atoms with Gasteiger partial charge in [0.15, 0.2) is 5.58 Å². The highest BCUT2D eigenvalue weighted by atomic mass is 16.3. The van der Waals surface area contributed by atoms with E-state index in [9.17, 15) is 0 Å². The molecule has 56 heavy (non-hydrogen) atoms. The van der Waals surface area contributed by atoms with E-state index >= 15 is 0 Å². The van der Waals surface area contributed by atoms with Crippen LogP contribution in [-0.4, -0.2) is 9.55 Å². The summed E-state index contributed by atoms with van der Waals surface area (Å²) in [4.78, 5) is 7.40. The maximum atomic E-state index is 6.85. The number of fused-ring (bicyclic) bond motifs is 10. The molecule has 3 aromatic heterocycles. The third-order valence-corrected chi connectivity index (χ3v) is 11.2. The molecule has 0 aliphatic rings. The van der Waals surface area contributed by atoms with Crippen molar-refractivity contribution in [3.05, 3.63) is 188 Å². The Balaban J connectivity index is 1.17. The zero-order chi connectivity index (χ0) is 36.7. The molecule has 0 amide bonds. The molecule has 9 aromatic carbocycles. The number of rotatable bonds is 5. The van der Waals surface area contributed by atoms with Crippen LogP contribution in [0.15, 0.2) is 197 Å². The van der Waals surface area contributed by atoms with Gasteiger partial charge in [-0.25, -0.2) is 4.98 Å². The van der Waals surface area contributed by atoms with Crippen molar-refractivity contribution in [2.75, 3.05) is 4.90 Å². The van der Waals surface area contributed by atoms with Gasteiger partial charge in [-0.15, -0.1) is 0 Å². The summed E-state index contributed by atoms with van der Waals surface area (Å²) < 4.78 is 15.7. The molecule has 0 unspecified atom stereocenters. The lowest BCUT2D eigenvalue weighted by molar-refractivity contribution is 0.620. The molecule has 0 saturated carbocycles. The Morgan fingerprint density at radius 1 is 0.446 bits per heavy atom. The number of hydrogen-bond acceptors (Lipinski definition) is 4. The van der Waals surface area contributed by atoms with Crippen molar-refractivity contribution in [2.24, 2.45) is 0 Å². The van der Waals surface area contributed by atoms with Crippen LogP contribution in [0.2, 0.25) is 0 Å². The third-order valence-electron chi connectivity index (χ3n) is 11.2. The summed E-state index contributed by atoms with van der Waals surface area (Å²) in [5.41, 5.74) is 10.3. The van der Waals surface area contributed by atoms with Gasteiger partial charge in [-0.05, 0) is 82.9 Å². The number of para-hydroxylation sites is 4. The smallest absolute Gasteiger partial charge is 0.227 e. The molecular formula is C51H31N3O2. The SMILES string of the molecule is c1ccc(-n2c3ccccc3c3c4ccccc4c(N(c4ccc5c(c4)oc4ccccc45)c4cccc5nc(-c6ccc7ccccc7c6)oc45)cc32)cc1. The van der Waals surface area contributed by atoms with Crippen molar-refractivity contribution < 1.29 is 8.83 Å². The largest absolute Gasteiger partial charge is 0.456 e. The van der Waals surface area contributed by atoms with Crippen molar-refractivity contribution in [1.82, 2.24) is 9.55 Å². The summed E-state index contributed by atoms with van der Waals surface area (Å²) in [6, 6.07) is 66.1. The lowest BCUT2D eigenvalue weighted by atomic mass is 10.0. The molecule has 0 fully saturated rings. The van der Waals surface area contributed by atoms with Crippen molar-refractivity contribution in [1.29, 1.82) is 0 Å². The second-order valence-electron chi connectivity index (χ2n) is 14.3.